The molecule has 0 bridgehead atoms. The van der Waals surface area contributed by atoms with Gasteiger partial charge < -0.3 is 15.3 Å². The van der Waals surface area contributed by atoms with Crippen LogP contribution in [0.5, 0.6) is 0 Å². The zero-order chi connectivity index (χ0) is 12.7. The van der Waals surface area contributed by atoms with Crippen molar-refractivity contribution in [2.24, 2.45) is 0 Å². The molecule has 1 rings (SSSR count). The third-order valence-electron chi connectivity index (χ3n) is 2.17. The van der Waals surface area contributed by atoms with Crippen molar-refractivity contribution in [3.8, 4) is 0 Å². The summed E-state index contributed by atoms with van der Waals surface area (Å²) in [5, 5.41) is 26.4. The molecule has 0 fully saturated rings. The van der Waals surface area contributed by atoms with E-state index in [1.807, 2.05) is 12.1 Å². The number of carboxylic acid groups (broad SMARTS) is 1. The van der Waals surface area contributed by atoms with Crippen LogP contribution in [-0.4, -0.2) is 39.8 Å². The Morgan fingerprint density at radius 3 is 2.35 bits per heavy atom. The van der Waals surface area contributed by atoms with Gasteiger partial charge in [0.25, 0.3) is 0 Å². The number of hydrogen-bond acceptors (Lipinski definition) is 4. The quantitative estimate of drug-likeness (QED) is 0.675. The van der Waals surface area contributed by atoms with Crippen molar-refractivity contribution < 1.29 is 20.1 Å². The maximum Gasteiger partial charge on any atom is 0.307 e. The summed E-state index contributed by atoms with van der Waals surface area (Å²) < 4.78 is 0. The lowest BCUT2D eigenvalue weighted by atomic mass is 10.1. The third-order valence-corrected chi connectivity index (χ3v) is 3.33. The Kier molecular flexibility index (Phi) is 6.04. The Morgan fingerprint density at radius 1 is 1.24 bits per heavy atom. The van der Waals surface area contributed by atoms with Crippen molar-refractivity contribution in [1.82, 2.24) is 0 Å². The molecule has 0 aromatic heterocycles. The van der Waals surface area contributed by atoms with Crippen molar-refractivity contribution in [2.75, 3.05) is 12.4 Å². The predicted molar refractivity (Wildman–Crippen MR) is 67.0 cm³/mol. The minimum atomic E-state index is -0.835. The van der Waals surface area contributed by atoms with Gasteiger partial charge in [-0.3, -0.25) is 4.79 Å². The Bertz CT molecular complexity index is 350. The van der Waals surface area contributed by atoms with Gasteiger partial charge in [0.05, 0.1) is 19.1 Å². The zero-order valence-corrected chi connectivity index (χ0v) is 10.2. The minimum absolute atomic E-state index is 0.0383. The fraction of sp³-hybridized carbons (Fsp3) is 0.417. The fourth-order valence-electron chi connectivity index (χ4n) is 1.29. The lowest BCUT2D eigenvalue weighted by molar-refractivity contribution is -0.136. The molecule has 0 heterocycles. The van der Waals surface area contributed by atoms with Gasteiger partial charge in [0.1, 0.15) is 0 Å². The van der Waals surface area contributed by atoms with Crippen LogP contribution in [0.25, 0.3) is 0 Å². The van der Waals surface area contributed by atoms with E-state index in [2.05, 4.69) is 0 Å². The molecule has 0 spiro atoms. The highest BCUT2D eigenvalue weighted by molar-refractivity contribution is 7.98. The monoisotopic (exact) mass is 256 g/mol. The number of rotatable bonds is 7. The summed E-state index contributed by atoms with van der Waals surface area (Å²) >= 11 is 1.53. The molecular weight excluding hydrogens is 240 g/mol. The van der Waals surface area contributed by atoms with Crippen LogP contribution in [0.3, 0.4) is 0 Å². The summed E-state index contributed by atoms with van der Waals surface area (Å²) in [5.41, 5.74) is 1.86. The van der Waals surface area contributed by atoms with E-state index in [0.717, 1.165) is 16.9 Å². The van der Waals surface area contributed by atoms with Gasteiger partial charge in [-0.05, 0) is 11.1 Å². The molecular formula is C12H16O4S. The largest absolute Gasteiger partial charge is 0.481 e. The van der Waals surface area contributed by atoms with Gasteiger partial charge in [-0.15, -0.1) is 0 Å². The van der Waals surface area contributed by atoms with Crippen LogP contribution in [0.4, 0.5) is 0 Å². The average Bonchev–Trinajstić information content (AvgIpc) is 2.30. The first-order chi connectivity index (χ1) is 8.11. The van der Waals surface area contributed by atoms with Gasteiger partial charge in [0.15, 0.2) is 0 Å². The molecule has 0 saturated carbocycles. The van der Waals surface area contributed by atoms with E-state index >= 15 is 0 Å². The van der Waals surface area contributed by atoms with Crippen LogP contribution in [0.1, 0.15) is 11.1 Å². The molecule has 1 aromatic rings. The molecule has 1 unspecified atom stereocenters. The summed E-state index contributed by atoms with van der Waals surface area (Å²) in [6.07, 6.45) is -0.636. The summed E-state index contributed by atoms with van der Waals surface area (Å²) in [6.45, 7) is -0.218. The zero-order valence-electron chi connectivity index (χ0n) is 9.37. The summed E-state index contributed by atoms with van der Waals surface area (Å²) in [7, 11) is 0. The highest BCUT2D eigenvalue weighted by Crippen LogP contribution is 2.14. The summed E-state index contributed by atoms with van der Waals surface area (Å²) in [6, 6.07) is 7.37. The molecule has 17 heavy (non-hydrogen) atoms. The van der Waals surface area contributed by atoms with E-state index in [-0.39, 0.29) is 13.0 Å². The second-order valence-electron chi connectivity index (χ2n) is 3.74. The fourth-order valence-corrected chi connectivity index (χ4v) is 2.22. The molecule has 1 atom stereocenters. The lowest BCUT2D eigenvalue weighted by Crippen LogP contribution is -2.14. The van der Waals surface area contributed by atoms with E-state index in [0.29, 0.717) is 5.75 Å². The first-order valence-electron chi connectivity index (χ1n) is 5.28. The van der Waals surface area contributed by atoms with Crippen molar-refractivity contribution in [2.45, 2.75) is 18.3 Å². The van der Waals surface area contributed by atoms with Crippen molar-refractivity contribution in [3.05, 3.63) is 35.4 Å². The molecule has 0 aliphatic carbocycles. The number of carbonyl (C=O) groups is 1. The molecule has 0 aliphatic heterocycles. The third kappa shape index (κ3) is 5.72. The average molecular weight is 256 g/mol. The molecule has 94 valence electrons. The number of aliphatic carboxylic acids is 1. The van der Waals surface area contributed by atoms with E-state index in [9.17, 15) is 4.79 Å². The molecule has 3 N–H and O–H groups in total. The SMILES string of the molecule is O=C(O)Cc1ccc(CSCC(O)CO)cc1. The maximum absolute atomic E-state index is 10.5. The molecule has 0 saturated heterocycles. The standard InChI is InChI=1S/C12H16O4S/c13-6-11(14)8-17-7-10-3-1-9(2-4-10)5-12(15)16/h1-4,11,13-14H,5-8H2,(H,15,16). The van der Waals surface area contributed by atoms with Crippen LogP contribution < -0.4 is 0 Å². The summed E-state index contributed by atoms with van der Waals surface area (Å²) in [4.78, 5) is 10.5. The van der Waals surface area contributed by atoms with E-state index in [1.165, 1.54) is 11.8 Å². The van der Waals surface area contributed by atoms with Crippen LogP contribution in [0, 0.1) is 0 Å². The second-order valence-corrected chi connectivity index (χ2v) is 4.77. The Hall–Kier alpha value is -1.04. The van der Waals surface area contributed by atoms with Crippen LogP contribution in [-0.2, 0) is 17.0 Å². The number of hydrogen-bond donors (Lipinski definition) is 3. The van der Waals surface area contributed by atoms with Crippen molar-refractivity contribution >= 4 is 17.7 Å². The van der Waals surface area contributed by atoms with Gasteiger partial charge in [0.2, 0.25) is 0 Å². The van der Waals surface area contributed by atoms with Crippen LogP contribution in [0.15, 0.2) is 24.3 Å². The van der Waals surface area contributed by atoms with Crippen LogP contribution >= 0.6 is 11.8 Å². The first-order valence-corrected chi connectivity index (χ1v) is 6.43. The number of carboxylic acids is 1. The van der Waals surface area contributed by atoms with Gasteiger partial charge in [-0.25, -0.2) is 0 Å². The predicted octanol–water partition coefficient (Wildman–Crippen LogP) is 0.900. The summed E-state index contributed by atoms with van der Waals surface area (Å²) in [5.74, 6) is 0.399. The number of benzene rings is 1. The molecule has 0 amide bonds. The van der Waals surface area contributed by atoms with Crippen molar-refractivity contribution in [3.63, 3.8) is 0 Å². The Morgan fingerprint density at radius 2 is 1.82 bits per heavy atom. The van der Waals surface area contributed by atoms with Gasteiger partial charge in [-0.1, -0.05) is 24.3 Å². The molecule has 0 radical (unpaired) electrons. The highest BCUT2D eigenvalue weighted by Gasteiger charge is 2.03. The van der Waals surface area contributed by atoms with Gasteiger partial charge >= 0.3 is 5.97 Å². The normalized spacial score (nSPS) is 12.4. The van der Waals surface area contributed by atoms with Gasteiger partial charge in [0, 0.05) is 11.5 Å². The number of aliphatic hydroxyl groups is 2. The smallest absolute Gasteiger partial charge is 0.307 e. The Labute approximate surface area is 104 Å². The topological polar surface area (TPSA) is 77.8 Å². The van der Waals surface area contributed by atoms with Crippen LogP contribution in [0.2, 0.25) is 0 Å². The number of thioether (sulfide) groups is 1. The van der Waals surface area contributed by atoms with E-state index in [4.69, 9.17) is 15.3 Å². The minimum Gasteiger partial charge on any atom is -0.481 e. The van der Waals surface area contributed by atoms with E-state index in [1.54, 1.807) is 12.1 Å². The Balaban J connectivity index is 2.37. The highest BCUT2D eigenvalue weighted by atomic mass is 32.2. The molecule has 4 nitrogen and oxygen atoms in total. The molecule has 1 aromatic carbocycles. The second kappa shape index (κ2) is 7.32. The first kappa shape index (κ1) is 14.0. The van der Waals surface area contributed by atoms with E-state index < -0.39 is 12.1 Å². The molecule has 5 heteroatoms. The van der Waals surface area contributed by atoms with Crippen molar-refractivity contribution in [1.29, 1.82) is 0 Å². The molecule has 0 aliphatic rings. The number of aliphatic hydroxyl groups excluding tert-OH is 2. The maximum atomic E-state index is 10.5. The lowest BCUT2D eigenvalue weighted by Gasteiger charge is -2.06. The van der Waals surface area contributed by atoms with Gasteiger partial charge in [-0.2, -0.15) is 11.8 Å².